The van der Waals surface area contributed by atoms with Crippen molar-refractivity contribution >= 4 is 5.91 Å². The van der Waals surface area contributed by atoms with Crippen molar-refractivity contribution in [2.24, 2.45) is 5.92 Å². The number of carbonyl (C=O) groups excluding carboxylic acids is 1. The minimum absolute atomic E-state index is 0.00287. The second-order valence-electron chi connectivity index (χ2n) is 7.53. The Morgan fingerprint density at radius 3 is 2.93 bits per heavy atom. The summed E-state index contributed by atoms with van der Waals surface area (Å²) in [5.41, 5.74) is 1.58. The molecule has 0 radical (unpaired) electrons. The number of amides is 1. The lowest BCUT2D eigenvalue weighted by Crippen LogP contribution is -2.48. The van der Waals surface area contributed by atoms with Gasteiger partial charge in [0.15, 0.2) is 5.82 Å². The molecule has 8 nitrogen and oxygen atoms in total. The van der Waals surface area contributed by atoms with Crippen molar-refractivity contribution in [3.8, 4) is 0 Å². The van der Waals surface area contributed by atoms with Gasteiger partial charge in [-0.3, -0.25) is 9.78 Å². The first-order valence-corrected chi connectivity index (χ1v) is 9.88. The number of aromatic nitrogens is 3. The van der Waals surface area contributed by atoms with Gasteiger partial charge in [-0.05, 0) is 37.3 Å². The monoisotopic (exact) mass is 386 g/mol. The Morgan fingerprint density at radius 2 is 2.14 bits per heavy atom. The molecule has 150 valence electrons. The van der Waals surface area contributed by atoms with E-state index in [1.807, 2.05) is 13.0 Å². The topological polar surface area (TPSA) is 90.6 Å². The van der Waals surface area contributed by atoms with Gasteiger partial charge in [-0.15, -0.1) is 0 Å². The molecule has 4 rings (SSSR count). The highest BCUT2D eigenvalue weighted by molar-refractivity contribution is 5.95. The molecule has 1 amide bonds. The summed E-state index contributed by atoms with van der Waals surface area (Å²) in [5, 5.41) is 4.05. The Kier molecular flexibility index (Phi) is 5.97. The van der Waals surface area contributed by atoms with Gasteiger partial charge in [0.25, 0.3) is 5.91 Å². The largest absolute Gasteiger partial charge is 0.381 e. The zero-order valence-electron chi connectivity index (χ0n) is 16.2. The van der Waals surface area contributed by atoms with Gasteiger partial charge in [0.1, 0.15) is 0 Å². The molecule has 2 aromatic heterocycles. The molecular weight excluding hydrogens is 360 g/mol. The fourth-order valence-corrected chi connectivity index (χ4v) is 3.52. The van der Waals surface area contributed by atoms with Crippen molar-refractivity contribution < 1.29 is 18.8 Å². The zero-order valence-corrected chi connectivity index (χ0v) is 16.2. The molecule has 0 aliphatic carbocycles. The first-order valence-electron chi connectivity index (χ1n) is 9.88. The fourth-order valence-electron chi connectivity index (χ4n) is 3.52. The predicted molar refractivity (Wildman–Crippen MR) is 100.0 cm³/mol. The number of likely N-dealkylation sites (tertiary alicyclic amines) is 1. The summed E-state index contributed by atoms with van der Waals surface area (Å²) >= 11 is 0. The first kappa shape index (κ1) is 19.0. The second-order valence-corrected chi connectivity index (χ2v) is 7.53. The Hall–Kier alpha value is -2.32. The summed E-state index contributed by atoms with van der Waals surface area (Å²) in [5.74, 6) is 1.96. The van der Waals surface area contributed by atoms with Crippen molar-refractivity contribution in [3.63, 3.8) is 0 Å². The molecule has 2 aliphatic heterocycles. The Balaban J connectivity index is 1.20. The number of pyridine rings is 1. The van der Waals surface area contributed by atoms with E-state index in [2.05, 4.69) is 15.1 Å². The van der Waals surface area contributed by atoms with E-state index in [1.165, 1.54) is 0 Å². The van der Waals surface area contributed by atoms with E-state index in [1.54, 1.807) is 17.3 Å². The van der Waals surface area contributed by atoms with Gasteiger partial charge in [-0.25, -0.2) is 0 Å². The van der Waals surface area contributed by atoms with E-state index in [0.29, 0.717) is 49.3 Å². The van der Waals surface area contributed by atoms with Gasteiger partial charge < -0.3 is 18.9 Å². The predicted octanol–water partition coefficient (Wildman–Crippen LogP) is 2.00. The van der Waals surface area contributed by atoms with Crippen molar-refractivity contribution in [1.82, 2.24) is 20.0 Å². The molecule has 28 heavy (non-hydrogen) atoms. The normalized spacial score (nSPS) is 18.2. The molecule has 2 aromatic rings. The fraction of sp³-hybridized carbons (Fsp3) is 0.600. The number of rotatable bonds is 7. The molecule has 0 spiro atoms. The Labute approximate surface area is 164 Å². The second kappa shape index (κ2) is 8.79. The molecule has 8 heteroatoms. The summed E-state index contributed by atoms with van der Waals surface area (Å²) < 4.78 is 16.5. The van der Waals surface area contributed by atoms with Gasteiger partial charge >= 0.3 is 0 Å². The summed E-state index contributed by atoms with van der Waals surface area (Å²) in [6.07, 6.45) is 6.09. The summed E-state index contributed by atoms with van der Waals surface area (Å²) in [7, 11) is 0. The number of hydrogen-bond donors (Lipinski definition) is 0. The summed E-state index contributed by atoms with van der Waals surface area (Å²) in [4.78, 5) is 22.8. The quantitative estimate of drug-likeness (QED) is 0.672. The molecule has 0 N–H and O–H groups in total. The van der Waals surface area contributed by atoms with E-state index in [-0.39, 0.29) is 11.8 Å². The number of nitrogens with zero attached hydrogens (tertiary/aromatic N) is 4. The smallest absolute Gasteiger partial charge is 0.255 e. The van der Waals surface area contributed by atoms with Gasteiger partial charge in [-0.2, -0.15) is 4.98 Å². The highest BCUT2D eigenvalue weighted by Gasteiger charge is 2.36. The lowest BCUT2D eigenvalue weighted by atomic mass is 9.98. The van der Waals surface area contributed by atoms with Gasteiger partial charge in [0.05, 0.1) is 18.1 Å². The number of ether oxygens (including phenoxy) is 2. The van der Waals surface area contributed by atoms with Crippen LogP contribution in [0.4, 0.5) is 0 Å². The van der Waals surface area contributed by atoms with E-state index in [4.69, 9.17) is 14.0 Å². The van der Waals surface area contributed by atoms with Crippen molar-refractivity contribution in [3.05, 3.63) is 41.3 Å². The van der Waals surface area contributed by atoms with Crippen molar-refractivity contribution in [1.29, 1.82) is 0 Å². The summed E-state index contributed by atoms with van der Waals surface area (Å²) in [6, 6.07) is 1.85. The van der Waals surface area contributed by atoms with Crippen LogP contribution in [0.2, 0.25) is 0 Å². The number of hydrogen-bond acceptors (Lipinski definition) is 7. The third-order valence-corrected chi connectivity index (χ3v) is 5.44. The van der Waals surface area contributed by atoms with Crippen molar-refractivity contribution in [2.75, 3.05) is 39.5 Å². The van der Waals surface area contributed by atoms with Crippen LogP contribution >= 0.6 is 0 Å². The van der Waals surface area contributed by atoms with Crippen molar-refractivity contribution in [2.45, 2.75) is 32.1 Å². The first-order chi connectivity index (χ1) is 13.7. The standard InChI is InChI=1S/C20H26N4O4/c1-14-2-6-21-10-17(14)20(25)24-11-16(12-24)19-22-18(23-28-19)5-9-27-13-15-3-7-26-8-4-15/h2,6,10,15-16H,3-5,7-9,11-13H2,1H3. The van der Waals surface area contributed by atoms with Crippen LogP contribution in [0.5, 0.6) is 0 Å². The van der Waals surface area contributed by atoms with E-state index >= 15 is 0 Å². The maximum absolute atomic E-state index is 12.5. The Bertz CT molecular complexity index is 797. The average molecular weight is 386 g/mol. The molecule has 0 atom stereocenters. The maximum atomic E-state index is 12.5. The molecular formula is C20H26N4O4. The molecule has 0 aromatic carbocycles. The maximum Gasteiger partial charge on any atom is 0.255 e. The van der Waals surface area contributed by atoms with Crippen LogP contribution in [0.1, 0.15) is 46.4 Å². The molecule has 2 saturated heterocycles. The van der Waals surface area contributed by atoms with Gasteiger partial charge in [0.2, 0.25) is 5.89 Å². The lowest BCUT2D eigenvalue weighted by Gasteiger charge is -2.37. The van der Waals surface area contributed by atoms with Crippen LogP contribution in [0.25, 0.3) is 0 Å². The lowest BCUT2D eigenvalue weighted by molar-refractivity contribution is 0.0211. The third-order valence-electron chi connectivity index (χ3n) is 5.44. The van der Waals surface area contributed by atoms with Crippen LogP contribution in [0, 0.1) is 12.8 Å². The highest BCUT2D eigenvalue weighted by Crippen LogP contribution is 2.27. The van der Waals surface area contributed by atoms with Crippen LogP contribution in [0.3, 0.4) is 0 Å². The Morgan fingerprint density at radius 1 is 1.32 bits per heavy atom. The third kappa shape index (κ3) is 4.39. The van der Waals surface area contributed by atoms with E-state index in [9.17, 15) is 4.79 Å². The van der Waals surface area contributed by atoms with E-state index in [0.717, 1.165) is 38.2 Å². The van der Waals surface area contributed by atoms with Crippen LogP contribution in [-0.4, -0.2) is 65.4 Å². The van der Waals surface area contributed by atoms with Crippen LogP contribution in [0.15, 0.2) is 23.0 Å². The minimum atomic E-state index is 0.00287. The molecule has 2 aliphatic rings. The molecule has 2 fully saturated rings. The highest BCUT2D eigenvalue weighted by atomic mass is 16.5. The van der Waals surface area contributed by atoms with E-state index < -0.39 is 0 Å². The van der Waals surface area contributed by atoms with Gasteiger partial charge in [-0.1, -0.05) is 5.16 Å². The zero-order chi connectivity index (χ0) is 19.3. The molecule has 0 saturated carbocycles. The summed E-state index contributed by atoms with van der Waals surface area (Å²) in [6.45, 7) is 6.13. The average Bonchev–Trinajstić information content (AvgIpc) is 3.13. The van der Waals surface area contributed by atoms with Gasteiger partial charge in [0, 0.05) is 51.7 Å². The molecule has 0 bridgehead atoms. The van der Waals surface area contributed by atoms with Crippen LogP contribution in [-0.2, 0) is 15.9 Å². The SMILES string of the molecule is Cc1ccncc1C(=O)N1CC(c2nc(CCOCC3CCOCC3)no2)C1. The number of aryl methyl sites for hydroxylation is 1. The van der Waals surface area contributed by atoms with Crippen LogP contribution < -0.4 is 0 Å². The minimum Gasteiger partial charge on any atom is -0.381 e. The molecule has 4 heterocycles. The number of carbonyl (C=O) groups is 1. The molecule has 0 unspecified atom stereocenters.